The average molecular weight is 372 g/mol. The second kappa shape index (κ2) is 8.28. The third kappa shape index (κ3) is 4.26. The molecule has 3 rings (SSSR count). The van der Waals surface area contributed by atoms with Crippen LogP contribution >= 0.6 is 23.2 Å². The van der Waals surface area contributed by atoms with Gasteiger partial charge in [-0.15, -0.1) is 0 Å². The van der Waals surface area contributed by atoms with E-state index in [0.717, 1.165) is 25.3 Å². The summed E-state index contributed by atoms with van der Waals surface area (Å²) >= 11 is 12.1. The molecule has 1 aromatic rings. The Labute approximate surface area is 152 Å². The number of ether oxygens (including phenoxy) is 2. The van der Waals surface area contributed by atoms with Crippen LogP contribution in [-0.4, -0.2) is 43.9 Å². The summed E-state index contributed by atoms with van der Waals surface area (Å²) in [5, 5.41) is 7.67. The van der Waals surface area contributed by atoms with E-state index in [0.29, 0.717) is 47.2 Å². The van der Waals surface area contributed by atoms with Crippen LogP contribution in [0.1, 0.15) is 26.2 Å². The smallest absolute Gasteiger partial charge is 0.191 e. The molecule has 7 heteroatoms. The molecule has 132 valence electrons. The molecule has 5 nitrogen and oxygen atoms in total. The number of nitrogens with one attached hydrogen (secondary N) is 2. The van der Waals surface area contributed by atoms with E-state index in [4.69, 9.17) is 32.7 Å². The molecule has 2 N–H and O–H groups in total. The number of fused-ring (bicyclic) bond motifs is 2. The first kappa shape index (κ1) is 17.6. The first-order valence-corrected chi connectivity index (χ1v) is 9.20. The highest BCUT2D eigenvalue weighted by Gasteiger charge is 2.41. The third-order valence-electron chi connectivity index (χ3n) is 4.31. The van der Waals surface area contributed by atoms with Gasteiger partial charge in [-0.05, 0) is 38.3 Å². The van der Waals surface area contributed by atoms with Crippen molar-refractivity contribution in [3.8, 4) is 5.75 Å². The van der Waals surface area contributed by atoms with Gasteiger partial charge < -0.3 is 20.1 Å². The molecular formula is C17H23Cl2N3O2. The number of hydrogen-bond donors (Lipinski definition) is 2. The Kier molecular flexibility index (Phi) is 6.09. The van der Waals surface area contributed by atoms with Gasteiger partial charge in [-0.3, -0.25) is 0 Å². The highest BCUT2D eigenvalue weighted by Crippen LogP contribution is 2.34. The van der Waals surface area contributed by atoms with E-state index >= 15 is 0 Å². The maximum Gasteiger partial charge on any atom is 0.191 e. The fourth-order valence-corrected chi connectivity index (χ4v) is 3.54. The van der Waals surface area contributed by atoms with Gasteiger partial charge in [0.25, 0.3) is 0 Å². The summed E-state index contributed by atoms with van der Waals surface area (Å²) in [6.45, 7) is 3.83. The van der Waals surface area contributed by atoms with E-state index < -0.39 is 0 Å². The molecule has 3 unspecified atom stereocenters. The van der Waals surface area contributed by atoms with Gasteiger partial charge in [0.1, 0.15) is 17.4 Å². The predicted molar refractivity (Wildman–Crippen MR) is 97.4 cm³/mol. The van der Waals surface area contributed by atoms with Gasteiger partial charge in [-0.25, -0.2) is 4.99 Å². The third-order valence-corrected chi connectivity index (χ3v) is 5.11. The first-order chi connectivity index (χ1) is 11.7. The number of halogens is 2. The summed E-state index contributed by atoms with van der Waals surface area (Å²) < 4.78 is 11.5. The van der Waals surface area contributed by atoms with Gasteiger partial charge in [-0.2, -0.15) is 0 Å². The van der Waals surface area contributed by atoms with Crippen molar-refractivity contribution in [2.45, 2.75) is 44.4 Å². The van der Waals surface area contributed by atoms with Gasteiger partial charge in [0, 0.05) is 6.54 Å². The highest BCUT2D eigenvalue weighted by atomic mass is 35.5. The molecule has 24 heavy (non-hydrogen) atoms. The quantitative estimate of drug-likeness (QED) is 0.457. The van der Waals surface area contributed by atoms with E-state index in [9.17, 15) is 0 Å². The van der Waals surface area contributed by atoms with E-state index in [2.05, 4.69) is 22.5 Å². The zero-order valence-electron chi connectivity index (χ0n) is 13.7. The van der Waals surface area contributed by atoms with Crippen LogP contribution in [0.15, 0.2) is 23.2 Å². The molecule has 0 saturated carbocycles. The molecule has 0 aromatic heterocycles. The SMILES string of the molecule is CCNC(=NCCOc1cccc(Cl)c1Cl)NC1CC2CCC1O2. The Hall–Kier alpha value is -1.17. The maximum absolute atomic E-state index is 6.10. The molecule has 2 fully saturated rings. The zero-order valence-corrected chi connectivity index (χ0v) is 15.2. The molecule has 2 saturated heterocycles. The lowest BCUT2D eigenvalue weighted by Gasteiger charge is -2.22. The number of guanidine groups is 1. The molecule has 0 spiro atoms. The van der Waals surface area contributed by atoms with Crippen molar-refractivity contribution in [2.75, 3.05) is 19.7 Å². The molecule has 2 aliphatic rings. The van der Waals surface area contributed by atoms with Gasteiger partial charge in [0.2, 0.25) is 0 Å². The van der Waals surface area contributed by atoms with Gasteiger partial charge >= 0.3 is 0 Å². The van der Waals surface area contributed by atoms with Crippen LogP contribution in [0.2, 0.25) is 10.0 Å². The molecule has 2 heterocycles. The standard InChI is InChI=1S/C17H23Cl2N3O2/c1-2-20-17(22-13-10-11-6-7-14(13)24-11)21-8-9-23-15-5-3-4-12(18)16(15)19/h3-5,11,13-14H,2,6-10H2,1H3,(H2,20,21,22). The summed E-state index contributed by atoms with van der Waals surface area (Å²) in [7, 11) is 0. The van der Waals surface area contributed by atoms with Crippen LogP contribution in [0, 0.1) is 0 Å². The van der Waals surface area contributed by atoms with Crippen LogP contribution in [0.3, 0.4) is 0 Å². The van der Waals surface area contributed by atoms with Crippen molar-refractivity contribution in [3.05, 3.63) is 28.2 Å². The summed E-state index contributed by atoms with van der Waals surface area (Å²) in [5.41, 5.74) is 0. The fourth-order valence-electron chi connectivity index (χ4n) is 3.19. The summed E-state index contributed by atoms with van der Waals surface area (Å²) in [6.07, 6.45) is 4.12. The van der Waals surface area contributed by atoms with Crippen LogP contribution in [0.25, 0.3) is 0 Å². The second-order valence-corrected chi connectivity index (χ2v) is 6.81. The van der Waals surface area contributed by atoms with Gasteiger partial charge in [-0.1, -0.05) is 29.3 Å². The number of hydrogen-bond acceptors (Lipinski definition) is 3. The van der Waals surface area contributed by atoms with Crippen LogP contribution in [0.4, 0.5) is 0 Å². The molecule has 2 aliphatic heterocycles. The van der Waals surface area contributed by atoms with Crippen LogP contribution in [-0.2, 0) is 4.74 Å². The van der Waals surface area contributed by atoms with E-state index in [1.54, 1.807) is 12.1 Å². The Morgan fingerprint density at radius 3 is 2.96 bits per heavy atom. The second-order valence-electron chi connectivity index (χ2n) is 6.02. The minimum absolute atomic E-state index is 0.320. The monoisotopic (exact) mass is 371 g/mol. The minimum atomic E-state index is 0.320. The lowest BCUT2D eigenvalue weighted by Crippen LogP contribution is -2.47. The Bertz CT molecular complexity index is 597. The normalized spacial score (nSPS) is 25.8. The molecule has 0 radical (unpaired) electrons. The Morgan fingerprint density at radius 2 is 2.25 bits per heavy atom. The summed E-state index contributed by atoms with van der Waals surface area (Å²) in [5.74, 6) is 1.39. The first-order valence-electron chi connectivity index (χ1n) is 8.44. The maximum atomic E-state index is 6.10. The van der Waals surface area contributed by atoms with Crippen molar-refractivity contribution in [2.24, 2.45) is 4.99 Å². The molecule has 1 aromatic carbocycles. The Morgan fingerprint density at radius 1 is 1.38 bits per heavy atom. The molecule has 2 bridgehead atoms. The lowest BCUT2D eigenvalue weighted by molar-refractivity contribution is 0.0992. The van der Waals surface area contributed by atoms with Crippen LogP contribution in [0.5, 0.6) is 5.75 Å². The van der Waals surface area contributed by atoms with Crippen molar-refractivity contribution in [3.63, 3.8) is 0 Å². The van der Waals surface area contributed by atoms with Gasteiger partial charge in [0.15, 0.2) is 5.96 Å². The minimum Gasteiger partial charge on any atom is -0.490 e. The van der Waals surface area contributed by atoms with Crippen molar-refractivity contribution in [1.82, 2.24) is 10.6 Å². The fraction of sp³-hybridized carbons (Fsp3) is 0.588. The highest BCUT2D eigenvalue weighted by molar-refractivity contribution is 6.42. The predicted octanol–water partition coefficient (Wildman–Crippen LogP) is 3.25. The Balaban J connectivity index is 1.49. The average Bonchev–Trinajstić information content (AvgIpc) is 3.18. The van der Waals surface area contributed by atoms with Crippen molar-refractivity contribution < 1.29 is 9.47 Å². The molecule has 3 atom stereocenters. The lowest BCUT2D eigenvalue weighted by atomic mass is 9.96. The van der Waals surface area contributed by atoms with Crippen molar-refractivity contribution >= 4 is 29.2 Å². The van der Waals surface area contributed by atoms with Gasteiger partial charge in [0.05, 0.1) is 29.8 Å². The topological polar surface area (TPSA) is 54.9 Å². The zero-order chi connectivity index (χ0) is 16.9. The number of benzene rings is 1. The number of rotatable bonds is 6. The van der Waals surface area contributed by atoms with E-state index in [1.165, 1.54) is 6.42 Å². The van der Waals surface area contributed by atoms with E-state index in [1.807, 2.05) is 6.07 Å². The van der Waals surface area contributed by atoms with Crippen molar-refractivity contribution in [1.29, 1.82) is 0 Å². The summed E-state index contributed by atoms with van der Waals surface area (Å²) in [6, 6.07) is 5.70. The van der Waals surface area contributed by atoms with E-state index in [-0.39, 0.29) is 0 Å². The largest absolute Gasteiger partial charge is 0.490 e. The molecule has 0 amide bonds. The summed E-state index contributed by atoms with van der Waals surface area (Å²) in [4.78, 5) is 4.57. The molecule has 0 aliphatic carbocycles. The number of aliphatic imine (C=N–C) groups is 1. The number of nitrogens with zero attached hydrogens (tertiary/aromatic N) is 1. The molecular weight excluding hydrogens is 349 g/mol. The van der Waals surface area contributed by atoms with Crippen LogP contribution < -0.4 is 15.4 Å².